The molecule has 8 aromatic rings. The fourth-order valence-electron chi connectivity index (χ4n) is 6.41. The average Bonchev–Trinajstić information content (AvgIpc) is 3.10. The van der Waals surface area contributed by atoms with Gasteiger partial charge in [-0.25, -0.2) is 0 Å². The first-order chi connectivity index (χ1) is 21.8. The van der Waals surface area contributed by atoms with Crippen LogP contribution in [0.15, 0.2) is 146 Å². The van der Waals surface area contributed by atoms with Crippen LogP contribution in [-0.2, 0) is 0 Å². The molecule has 0 bridgehead atoms. The van der Waals surface area contributed by atoms with Crippen molar-refractivity contribution in [1.82, 2.24) is 9.97 Å². The Balaban J connectivity index is 1.13. The third kappa shape index (κ3) is 4.11. The Labute approximate surface area is 261 Å². The summed E-state index contributed by atoms with van der Waals surface area (Å²) in [5, 5.41) is 7.74. The van der Waals surface area contributed by atoms with E-state index in [0.29, 0.717) is 5.88 Å². The van der Waals surface area contributed by atoms with Gasteiger partial charge in [0, 0.05) is 0 Å². The molecule has 1 aliphatic rings. The number of aromatic nitrogens is 2. The van der Waals surface area contributed by atoms with Crippen LogP contribution in [0.1, 0.15) is 0 Å². The Morgan fingerprint density at radius 2 is 0.977 bits per heavy atom. The molecule has 1 aromatic heterocycles. The number of hydrogen-bond donors (Lipinski definition) is 0. The van der Waals surface area contributed by atoms with E-state index in [1.54, 1.807) is 12.4 Å². The number of rotatable bonds is 3. The second kappa shape index (κ2) is 10.2. The summed E-state index contributed by atoms with van der Waals surface area (Å²) in [6.45, 7) is 0. The van der Waals surface area contributed by atoms with Crippen molar-refractivity contribution in [2.24, 2.45) is 0 Å². The van der Waals surface area contributed by atoms with Gasteiger partial charge in [-0.1, -0.05) is 48.5 Å². The predicted molar refractivity (Wildman–Crippen MR) is 182 cm³/mol. The van der Waals surface area contributed by atoms with Crippen LogP contribution >= 0.6 is 0 Å². The standard InChI is InChI=1S/C40H24N2OSe/c1-2-14-33-31(12-1)32-13-3-4-15-34(32)36-24-28(18-19-35(33)36)26-9-5-8-25(22-26)27-10-6-11-29(23-27)30-16-7-17-37-38(30)43-39-40(44-37)42-21-20-41-39/h1-24H. The molecule has 7 aromatic carbocycles. The Hall–Kier alpha value is -5.28. The van der Waals surface area contributed by atoms with E-state index in [9.17, 15) is 0 Å². The maximum atomic E-state index is 6.32. The Kier molecular flexibility index (Phi) is 5.83. The van der Waals surface area contributed by atoms with E-state index in [2.05, 4.69) is 143 Å². The van der Waals surface area contributed by atoms with E-state index in [1.807, 2.05) is 0 Å². The van der Waals surface area contributed by atoms with Gasteiger partial charge in [-0.3, -0.25) is 0 Å². The Morgan fingerprint density at radius 3 is 1.68 bits per heavy atom. The van der Waals surface area contributed by atoms with Crippen molar-refractivity contribution in [3.63, 3.8) is 0 Å². The minimum atomic E-state index is 0.0522. The average molecular weight is 628 g/mol. The third-order valence-electron chi connectivity index (χ3n) is 8.46. The number of nitrogens with zero attached hydrogens (tertiary/aromatic N) is 2. The molecule has 0 fully saturated rings. The summed E-state index contributed by atoms with van der Waals surface area (Å²) in [6.07, 6.45) is 3.43. The summed E-state index contributed by atoms with van der Waals surface area (Å²) in [7, 11) is 0. The zero-order valence-corrected chi connectivity index (χ0v) is 25.3. The van der Waals surface area contributed by atoms with Gasteiger partial charge in [-0.2, -0.15) is 0 Å². The first kappa shape index (κ1) is 25.2. The summed E-state index contributed by atoms with van der Waals surface area (Å²) >= 11 is 0.0522. The van der Waals surface area contributed by atoms with Crippen molar-refractivity contribution in [3.8, 4) is 45.0 Å². The molecule has 0 aliphatic carbocycles. The molecule has 0 saturated carbocycles. The van der Waals surface area contributed by atoms with Crippen LogP contribution < -0.4 is 13.8 Å². The van der Waals surface area contributed by atoms with E-state index in [-0.39, 0.29) is 15.0 Å². The number of hydrogen-bond acceptors (Lipinski definition) is 3. The zero-order chi connectivity index (χ0) is 29.0. The number of benzene rings is 7. The third-order valence-corrected chi connectivity index (χ3v) is 10.6. The van der Waals surface area contributed by atoms with Gasteiger partial charge >= 0.3 is 186 Å². The van der Waals surface area contributed by atoms with E-state index in [4.69, 9.17) is 4.74 Å². The first-order valence-corrected chi connectivity index (χ1v) is 16.4. The summed E-state index contributed by atoms with van der Waals surface area (Å²) in [5.74, 6) is 1.51. The molecule has 0 N–H and O–H groups in total. The molecule has 0 saturated heterocycles. The first-order valence-electron chi connectivity index (χ1n) is 14.6. The Morgan fingerprint density at radius 1 is 0.432 bits per heavy atom. The van der Waals surface area contributed by atoms with Crippen LogP contribution in [-0.4, -0.2) is 24.9 Å². The van der Waals surface area contributed by atoms with Crippen molar-refractivity contribution in [3.05, 3.63) is 146 Å². The van der Waals surface area contributed by atoms with E-state index < -0.39 is 0 Å². The van der Waals surface area contributed by atoms with E-state index in [1.165, 1.54) is 59.0 Å². The maximum absolute atomic E-state index is 6.32. The van der Waals surface area contributed by atoms with Gasteiger partial charge in [0.25, 0.3) is 0 Å². The summed E-state index contributed by atoms with van der Waals surface area (Å²) in [4.78, 5) is 8.93. The monoisotopic (exact) mass is 628 g/mol. The molecule has 0 amide bonds. The summed E-state index contributed by atoms with van der Waals surface area (Å²) < 4.78 is 8.44. The van der Waals surface area contributed by atoms with Crippen molar-refractivity contribution < 1.29 is 4.74 Å². The van der Waals surface area contributed by atoms with Gasteiger partial charge in [0.15, 0.2) is 0 Å². The fraction of sp³-hybridized carbons (Fsp3) is 0. The van der Waals surface area contributed by atoms with Crippen molar-refractivity contribution in [2.45, 2.75) is 0 Å². The molecular formula is C40H24N2OSe. The zero-order valence-electron chi connectivity index (χ0n) is 23.6. The summed E-state index contributed by atoms with van der Waals surface area (Å²) in [5.41, 5.74) is 6.96. The van der Waals surface area contributed by atoms with Crippen molar-refractivity contribution in [1.29, 1.82) is 0 Å². The molecule has 44 heavy (non-hydrogen) atoms. The molecule has 0 atom stereocenters. The molecule has 3 nitrogen and oxygen atoms in total. The van der Waals surface area contributed by atoms with Crippen LogP contribution in [0.25, 0.3) is 65.7 Å². The summed E-state index contributed by atoms with van der Waals surface area (Å²) in [6, 6.07) is 48.4. The van der Waals surface area contributed by atoms with Crippen molar-refractivity contribution >= 4 is 56.3 Å². The molecule has 0 radical (unpaired) electrons. The number of ether oxygens (including phenoxy) is 1. The minimum absolute atomic E-state index is 0.0522. The molecule has 9 rings (SSSR count). The van der Waals surface area contributed by atoms with Gasteiger partial charge in [-0.15, -0.1) is 0 Å². The molecule has 2 heterocycles. The van der Waals surface area contributed by atoms with E-state index in [0.717, 1.165) is 21.5 Å². The molecule has 1 aliphatic heterocycles. The fourth-order valence-corrected chi connectivity index (χ4v) is 8.29. The SMILES string of the molecule is c1cc(-c2cccc(-c3cccc4c3Oc3nccnc3[Se]4)c2)cc(-c2ccc3c4ccccc4c4ccccc4c3c2)c1. The van der Waals surface area contributed by atoms with Crippen LogP contribution in [0, 0.1) is 0 Å². The van der Waals surface area contributed by atoms with Gasteiger partial charge in [-0.05, 0) is 26.9 Å². The van der Waals surface area contributed by atoms with E-state index >= 15 is 0 Å². The van der Waals surface area contributed by atoms with Gasteiger partial charge < -0.3 is 0 Å². The van der Waals surface area contributed by atoms with Gasteiger partial charge in [0.05, 0.1) is 0 Å². The Bertz CT molecular complexity index is 2380. The second-order valence-corrected chi connectivity index (χ2v) is 13.2. The molecular weight excluding hydrogens is 603 g/mol. The molecule has 0 spiro atoms. The topological polar surface area (TPSA) is 35.0 Å². The predicted octanol–water partition coefficient (Wildman–Crippen LogP) is 8.70. The number of para-hydroxylation sites is 1. The van der Waals surface area contributed by atoms with Crippen LogP contribution in [0.5, 0.6) is 11.6 Å². The van der Waals surface area contributed by atoms with Crippen LogP contribution in [0.3, 0.4) is 0 Å². The van der Waals surface area contributed by atoms with Crippen LogP contribution in [0.4, 0.5) is 0 Å². The van der Waals surface area contributed by atoms with Gasteiger partial charge in [0.2, 0.25) is 0 Å². The molecule has 4 heteroatoms. The normalized spacial score (nSPS) is 12.2. The molecule has 0 unspecified atom stereocenters. The second-order valence-electron chi connectivity index (χ2n) is 11.0. The number of fused-ring (bicyclic) bond motifs is 8. The molecule has 206 valence electrons. The van der Waals surface area contributed by atoms with Crippen molar-refractivity contribution in [2.75, 3.05) is 0 Å². The van der Waals surface area contributed by atoms with Crippen LogP contribution in [0.2, 0.25) is 0 Å². The quantitative estimate of drug-likeness (QED) is 0.145. The van der Waals surface area contributed by atoms with Gasteiger partial charge in [0.1, 0.15) is 0 Å².